The summed E-state index contributed by atoms with van der Waals surface area (Å²) in [5.41, 5.74) is 0.0965. The molecule has 1 saturated heterocycles. The molecule has 0 aliphatic carbocycles. The van der Waals surface area contributed by atoms with Gasteiger partial charge in [-0.2, -0.15) is 0 Å². The number of halogens is 1. The molecule has 0 radical (unpaired) electrons. The normalized spacial score (nSPS) is 18.4. The van der Waals surface area contributed by atoms with E-state index in [-0.39, 0.29) is 29.8 Å². The lowest BCUT2D eigenvalue weighted by atomic mass is 10.2. The summed E-state index contributed by atoms with van der Waals surface area (Å²) in [6, 6.07) is 1.64. The van der Waals surface area contributed by atoms with Crippen LogP contribution in [0.4, 0.5) is 5.69 Å². The molecule has 142 valence electrons. The fourth-order valence-electron chi connectivity index (χ4n) is 3.27. The van der Waals surface area contributed by atoms with Crippen molar-refractivity contribution < 1.29 is 23.0 Å². The van der Waals surface area contributed by atoms with Crippen LogP contribution in [-0.4, -0.2) is 64.6 Å². The molecule has 1 aliphatic heterocycles. The van der Waals surface area contributed by atoms with E-state index < -0.39 is 10.0 Å². The van der Waals surface area contributed by atoms with Gasteiger partial charge in [-0.3, -0.25) is 9.21 Å². The predicted molar refractivity (Wildman–Crippen MR) is 101 cm³/mol. The maximum atomic E-state index is 12.5. The highest BCUT2D eigenvalue weighted by molar-refractivity contribution is 9.10. The van der Waals surface area contributed by atoms with Crippen LogP contribution in [0, 0.1) is 0 Å². The van der Waals surface area contributed by atoms with Crippen LogP contribution in [0.3, 0.4) is 0 Å². The van der Waals surface area contributed by atoms with Gasteiger partial charge in [-0.05, 0) is 41.9 Å². The lowest BCUT2D eigenvalue weighted by molar-refractivity contribution is 0.272. The first-order valence-electron chi connectivity index (χ1n) is 8.09. The molecule has 1 fully saturated rings. The van der Waals surface area contributed by atoms with Gasteiger partial charge in [-0.15, -0.1) is 0 Å². The van der Waals surface area contributed by atoms with E-state index in [0.717, 1.165) is 32.2 Å². The number of likely N-dealkylation sites (N-methyl/N-ethyl adjacent to an activating group) is 1. The Morgan fingerprint density at radius 3 is 2.60 bits per heavy atom. The predicted octanol–water partition coefficient (Wildman–Crippen LogP) is 2.42. The Morgan fingerprint density at radius 1 is 1.40 bits per heavy atom. The van der Waals surface area contributed by atoms with Crippen molar-refractivity contribution in [1.29, 1.82) is 0 Å². The number of benzene rings is 1. The van der Waals surface area contributed by atoms with Gasteiger partial charge in [0.25, 0.3) is 0 Å². The molecule has 1 aliphatic rings. The van der Waals surface area contributed by atoms with Gasteiger partial charge in [0, 0.05) is 18.7 Å². The molecular formula is C16H25BrN2O5S. The zero-order valence-electron chi connectivity index (χ0n) is 15.0. The van der Waals surface area contributed by atoms with Gasteiger partial charge in [0.2, 0.25) is 10.0 Å². The van der Waals surface area contributed by atoms with E-state index in [1.807, 2.05) is 0 Å². The summed E-state index contributed by atoms with van der Waals surface area (Å²) in [6.45, 7) is 4.11. The Hall–Kier alpha value is -1.19. The van der Waals surface area contributed by atoms with Crippen molar-refractivity contribution in [3.63, 3.8) is 0 Å². The second-order valence-electron chi connectivity index (χ2n) is 6.01. The molecule has 7 nitrogen and oxygen atoms in total. The molecule has 0 spiro atoms. The van der Waals surface area contributed by atoms with Crippen LogP contribution in [0.5, 0.6) is 17.2 Å². The summed E-state index contributed by atoms with van der Waals surface area (Å²) in [7, 11) is -0.760. The van der Waals surface area contributed by atoms with Crippen LogP contribution in [-0.2, 0) is 10.0 Å². The number of anilines is 1. The average Bonchev–Trinajstić information content (AvgIpc) is 3.01. The Bertz CT molecular complexity index is 726. The lowest BCUT2D eigenvalue weighted by Crippen LogP contribution is -2.43. The van der Waals surface area contributed by atoms with E-state index in [0.29, 0.717) is 10.2 Å². The summed E-state index contributed by atoms with van der Waals surface area (Å²) in [6.07, 6.45) is 3.07. The van der Waals surface area contributed by atoms with E-state index >= 15 is 0 Å². The lowest BCUT2D eigenvalue weighted by Gasteiger charge is -2.31. The van der Waals surface area contributed by atoms with Gasteiger partial charge in [-0.1, -0.05) is 6.92 Å². The summed E-state index contributed by atoms with van der Waals surface area (Å²) >= 11 is 3.26. The molecule has 25 heavy (non-hydrogen) atoms. The van der Waals surface area contributed by atoms with Crippen LogP contribution in [0.25, 0.3) is 0 Å². The Morgan fingerprint density at radius 2 is 2.08 bits per heavy atom. The summed E-state index contributed by atoms with van der Waals surface area (Å²) in [5.74, 6) is 0.341. The number of nitrogens with zero attached hydrogens (tertiary/aromatic N) is 2. The number of phenolic OH excluding ortho intramolecular Hbond substituents is 1. The molecule has 1 N–H and O–H groups in total. The third kappa shape index (κ3) is 4.15. The monoisotopic (exact) mass is 436 g/mol. The van der Waals surface area contributed by atoms with Gasteiger partial charge >= 0.3 is 0 Å². The molecule has 1 aromatic rings. The van der Waals surface area contributed by atoms with Gasteiger partial charge < -0.3 is 14.6 Å². The smallest absolute Gasteiger partial charge is 0.232 e. The van der Waals surface area contributed by atoms with Crippen LogP contribution in [0.15, 0.2) is 10.5 Å². The summed E-state index contributed by atoms with van der Waals surface area (Å²) < 4.78 is 37.3. The molecular weight excluding hydrogens is 412 g/mol. The largest absolute Gasteiger partial charge is 0.504 e. The second kappa shape index (κ2) is 8.01. The molecule has 1 heterocycles. The van der Waals surface area contributed by atoms with Crippen molar-refractivity contribution in [2.45, 2.75) is 25.8 Å². The number of likely N-dealkylation sites (tertiary alicyclic amines) is 1. The van der Waals surface area contributed by atoms with E-state index in [2.05, 4.69) is 27.8 Å². The fourth-order valence-corrected chi connectivity index (χ4v) is 4.61. The number of ether oxygens (including phenoxy) is 2. The van der Waals surface area contributed by atoms with Crippen LogP contribution >= 0.6 is 15.9 Å². The highest BCUT2D eigenvalue weighted by Gasteiger charge is 2.33. The zero-order chi connectivity index (χ0) is 18.8. The van der Waals surface area contributed by atoms with Crippen molar-refractivity contribution in [3.05, 3.63) is 10.5 Å². The number of sulfonamides is 1. The molecule has 0 aromatic heterocycles. The third-order valence-corrected chi connectivity index (χ3v) is 6.24. The molecule has 0 bridgehead atoms. The first kappa shape index (κ1) is 20.1. The SMILES string of the molecule is CCN1CCCC1CN(c1c(O)c(Br)cc(OC)c1OC)S(C)(=O)=O. The molecule has 0 saturated carbocycles. The third-order valence-electron chi connectivity index (χ3n) is 4.50. The maximum Gasteiger partial charge on any atom is 0.232 e. The Balaban J connectivity index is 2.57. The number of phenols is 1. The molecule has 1 aromatic carbocycles. The van der Waals surface area contributed by atoms with Crippen molar-refractivity contribution in [2.24, 2.45) is 0 Å². The van der Waals surface area contributed by atoms with Crippen LogP contribution in [0.2, 0.25) is 0 Å². The first-order valence-corrected chi connectivity index (χ1v) is 10.7. The number of hydrogen-bond acceptors (Lipinski definition) is 6. The number of hydrogen-bond donors (Lipinski definition) is 1. The van der Waals surface area contributed by atoms with Crippen molar-refractivity contribution in [2.75, 3.05) is 44.4 Å². The van der Waals surface area contributed by atoms with E-state index in [4.69, 9.17) is 9.47 Å². The number of rotatable bonds is 7. The minimum absolute atomic E-state index is 0.0915. The van der Waals surface area contributed by atoms with Crippen molar-refractivity contribution in [3.8, 4) is 17.2 Å². The fraction of sp³-hybridized carbons (Fsp3) is 0.625. The highest BCUT2D eigenvalue weighted by atomic mass is 79.9. The standard InChI is InChI=1S/C16H25BrN2O5S/c1-5-18-8-6-7-11(18)10-19(25(4,21)22)14-15(20)12(17)9-13(23-2)16(14)24-3/h9,11,20H,5-8,10H2,1-4H3. The van der Waals surface area contributed by atoms with Gasteiger partial charge in [0.15, 0.2) is 17.2 Å². The minimum atomic E-state index is -3.64. The highest BCUT2D eigenvalue weighted by Crippen LogP contribution is 2.49. The first-order chi connectivity index (χ1) is 11.7. The van der Waals surface area contributed by atoms with E-state index in [9.17, 15) is 13.5 Å². The summed E-state index contributed by atoms with van der Waals surface area (Å²) in [5, 5.41) is 10.6. The molecule has 1 atom stereocenters. The number of aromatic hydroxyl groups is 1. The quantitative estimate of drug-likeness (QED) is 0.706. The maximum absolute atomic E-state index is 12.5. The Labute approximate surface area is 157 Å². The van der Waals surface area contributed by atoms with E-state index in [1.165, 1.54) is 18.5 Å². The summed E-state index contributed by atoms with van der Waals surface area (Å²) in [4.78, 5) is 2.25. The number of methoxy groups -OCH3 is 2. The molecule has 0 amide bonds. The minimum Gasteiger partial charge on any atom is -0.504 e. The second-order valence-corrected chi connectivity index (χ2v) is 8.77. The van der Waals surface area contributed by atoms with Crippen LogP contribution in [0.1, 0.15) is 19.8 Å². The molecule has 1 unspecified atom stereocenters. The van der Waals surface area contributed by atoms with Crippen molar-refractivity contribution in [1.82, 2.24) is 4.90 Å². The average molecular weight is 437 g/mol. The van der Waals surface area contributed by atoms with E-state index in [1.54, 1.807) is 6.07 Å². The van der Waals surface area contributed by atoms with Crippen LogP contribution < -0.4 is 13.8 Å². The molecule has 9 heteroatoms. The van der Waals surface area contributed by atoms with Gasteiger partial charge in [0.1, 0.15) is 5.69 Å². The molecule has 2 rings (SSSR count). The van der Waals surface area contributed by atoms with Crippen molar-refractivity contribution >= 4 is 31.6 Å². The zero-order valence-corrected chi connectivity index (χ0v) is 17.4. The van der Waals surface area contributed by atoms with Gasteiger partial charge in [-0.25, -0.2) is 8.42 Å². The Kier molecular flexibility index (Phi) is 6.45. The topological polar surface area (TPSA) is 79.3 Å². The van der Waals surface area contributed by atoms with Gasteiger partial charge in [0.05, 0.1) is 24.9 Å².